The highest BCUT2D eigenvalue weighted by atomic mass is 35.5. The van der Waals surface area contributed by atoms with Crippen molar-refractivity contribution in [1.29, 1.82) is 0 Å². The second kappa shape index (κ2) is 12.1. The summed E-state index contributed by atoms with van der Waals surface area (Å²) < 4.78 is 5.50. The Morgan fingerprint density at radius 3 is 2.52 bits per heavy atom. The number of nitrogens with zero attached hydrogens (tertiary/aromatic N) is 1. The van der Waals surface area contributed by atoms with Crippen molar-refractivity contribution < 1.29 is 14.3 Å². The summed E-state index contributed by atoms with van der Waals surface area (Å²) in [6.45, 7) is 3.73. The number of carbonyl (C=O) groups excluding carboxylic acids is 2. The molecule has 0 saturated carbocycles. The van der Waals surface area contributed by atoms with E-state index < -0.39 is 0 Å². The van der Waals surface area contributed by atoms with E-state index in [4.69, 9.17) is 16.3 Å². The smallest absolute Gasteiger partial charge is 0.262 e. The zero-order valence-corrected chi connectivity index (χ0v) is 19.8. The first-order valence-electron chi connectivity index (χ1n) is 10.2. The van der Waals surface area contributed by atoms with E-state index in [1.807, 2.05) is 38.1 Å². The molecular weight excluding hydrogens is 458 g/mol. The lowest BCUT2D eigenvalue weighted by atomic mass is 10.2. The Kier molecular flexibility index (Phi) is 8.92. The zero-order valence-electron chi connectivity index (χ0n) is 18.2. The van der Waals surface area contributed by atoms with Crippen LogP contribution in [0.3, 0.4) is 0 Å². The fraction of sp³-hybridized carbons (Fsp3) is 0.160. The maximum absolute atomic E-state index is 12.2. The first-order chi connectivity index (χ1) is 15.9. The standard InChI is InChI=1S/C25H24ClN3O3S/c1-17-6-12-23(13-7-17)33-18(2)25(31)29-27-15-19-8-10-22(11-9-19)32-16-24(30)28-21-5-3-4-20(26)14-21/h3-15,18H,16H2,1-2H3,(H,28,30)(H,29,31)/b27-15-/t18-/m0/s1. The van der Waals surface area contributed by atoms with E-state index >= 15 is 0 Å². The summed E-state index contributed by atoms with van der Waals surface area (Å²) in [5, 5.41) is 7.00. The van der Waals surface area contributed by atoms with Gasteiger partial charge in [-0.3, -0.25) is 9.59 Å². The Bertz CT molecular complexity index is 1120. The highest BCUT2D eigenvalue weighted by molar-refractivity contribution is 8.00. The number of amides is 2. The topological polar surface area (TPSA) is 79.8 Å². The molecule has 0 radical (unpaired) electrons. The predicted octanol–water partition coefficient (Wildman–Crippen LogP) is 5.30. The zero-order chi connectivity index (χ0) is 23.6. The fourth-order valence-electron chi connectivity index (χ4n) is 2.70. The molecule has 0 fully saturated rings. The summed E-state index contributed by atoms with van der Waals surface area (Å²) in [6.07, 6.45) is 1.55. The maximum Gasteiger partial charge on any atom is 0.262 e. The van der Waals surface area contributed by atoms with E-state index in [1.165, 1.54) is 17.3 Å². The van der Waals surface area contributed by atoms with Gasteiger partial charge in [0, 0.05) is 15.6 Å². The van der Waals surface area contributed by atoms with Gasteiger partial charge in [-0.05, 0) is 74.0 Å². The molecule has 0 aliphatic heterocycles. The Morgan fingerprint density at radius 1 is 1.09 bits per heavy atom. The van der Waals surface area contributed by atoms with Crippen molar-refractivity contribution in [1.82, 2.24) is 5.43 Å². The fourth-order valence-corrected chi connectivity index (χ4v) is 3.75. The van der Waals surface area contributed by atoms with Crippen LogP contribution in [0.1, 0.15) is 18.1 Å². The van der Waals surface area contributed by atoms with Gasteiger partial charge in [-0.1, -0.05) is 35.4 Å². The van der Waals surface area contributed by atoms with Gasteiger partial charge in [-0.15, -0.1) is 11.8 Å². The number of benzene rings is 3. The molecule has 3 aromatic carbocycles. The lowest BCUT2D eigenvalue weighted by Crippen LogP contribution is -2.26. The summed E-state index contributed by atoms with van der Waals surface area (Å²) in [7, 11) is 0. The first kappa shape index (κ1) is 24.4. The van der Waals surface area contributed by atoms with Gasteiger partial charge < -0.3 is 10.1 Å². The molecule has 0 unspecified atom stereocenters. The third-order valence-corrected chi connectivity index (χ3v) is 5.80. The molecule has 8 heteroatoms. The van der Waals surface area contributed by atoms with Crippen molar-refractivity contribution in [2.45, 2.75) is 24.0 Å². The number of aryl methyl sites for hydroxylation is 1. The maximum atomic E-state index is 12.2. The van der Waals surface area contributed by atoms with Gasteiger partial charge in [-0.25, -0.2) is 5.43 Å². The molecule has 0 aromatic heterocycles. The SMILES string of the molecule is Cc1ccc(S[C@@H](C)C(=O)N/N=C\c2ccc(OCC(=O)Nc3cccc(Cl)c3)cc2)cc1. The van der Waals surface area contributed by atoms with Gasteiger partial charge in [0.2, 0.25) is 0 Å². The molecule has 3 aromatic rings. The van der Waals surface area contributed by atoms with Gasteiger partial charge in [0.05, 0.1) is 11.5 Å². The van der Waals surface area contributed by atoms with Crippen molar-refractivity contribution in [2.24, 2.45) is 5.10 Å². The second-order valence-electron chi connectivity index (χ2n) is 7.22. The summed E-state index contributed by atoms with van der Waals surface area (Å²) in [6, 6.07) is 21.9. The van der Waals surface area contributed by atoms with E-state index in [1.54, 1.807) is 54.7 Å². The third-order valence-electron chi connectivity index (χ3n) is 4.45. The molecule has 6 nitrogen and oxygen atoms in total. The highest BCUT2D eigenvalue weighted by Gasteiger charge is 2.13. The minimum atomic E-state index is -0.289. The molecule has 0 bridgehead atoms. The van der Waals surface area contributed by atoms with Crippen LogP contribution in [0.15, 0.2) is 82.8 Å². The molecule has 1 atom stereocenters. The molecule has 33 heavy (non-hydrogen) atoms. The van der Waals surface area contributed by atoms with Crippen molar-refractivity contribution in [3.8, 4) is 5.75 Å². The minimum absolute atomic E-state index is 0.132. The van der Waals surface area contributed by atoms with Crippen LogP contribution < -0.4 is 15.5 Å². The molecule has 0 spiro atoms. The number of nitrogens with one attached hydrogen (secondary N) is 2. The number of rotatable bonds is 9. The molecule has 170 valence electrons. The van der Waals surface area contributed by atoms with Crippen LogP contribution in [-0.4, -0.2) is 29.9 Å². The second-order valence-corrected chi connectivity index (χ2v) is 9.07. The predicted molar refractivity (Wildman–Crippen MR) is 134 cm³/mol. The van der Waals surface area contributed by atoms with Crippen LogP contribution in [0, 0.1) is 6.92 Å². The van der Waals surface area contributed by atoms with Crippen LogP contribution in [0.4, 0.5) is 5.69 Å². The van der Waals surface area contributed by atoms with Crippen LogP contribution in [0.5, 0.6) is 5.75 Å². The molecule has 0 aliphatic rings. The Hall–Kier alpha value is -3.29. The summed E-state index contributed by atoms with van der Waals surface area (Å²) in [4.78, 5) is 25.3. The highest BCUT2D eigenvalue weighted by Crippen LogP contribution is 2.23. The lowest BCUT2D eigenvalue weighted by Gasteiger charge is -2.09. The molecular formula is C25H24ClN3O3S. The Balaban J connectivity index is 1.42. The quantitative estimate of drug-likeness (QED) is 0.247. The number of anilines is 1. The van der Waals surface area contributed by atoms with Crippen molar-refractivity contribution in [3.63, 3.8) is 0 Å². The monoisotopic (exact) mass is 481 g/mol. The number of hydrogen-bond acceptors (Lipinski definition) is 5. The van der Waals surface area contributed by atoms with E-state index in [2.05, 4.69) is 15.8 Å². The van der Waals surface area contributed by atoms with Crippen molar-refractivity contribution >= 4 is 47.1 Å². The normalized spacial score (nSPS) is 11.7. The van der Waals surface area contributed by atoms with E-state index in [-0.39, 0.29) is 23.7 Å². The average Bonchev–Trinajstić information content (AvgIpc) is 2.80. The van der Waals surface area contributed by atoms with Gasteiger partial charge in [0.1, 0.15) is 5.75 Å². The molecule has 0 aliphatic carbocycles. The third kappa shape index (κ3) is 8.29. The summed E-state index contributed by atoms with van der Waals surface area (Å²) in [5.41, 5.74) is 5.13. The van der Waals surface area contributed by atoms with E-state index in [9.17, 15) is 9.59 Å². The number of halogens is 1. The largest absolute Gasteiger partial charge is 0.484 e. The number of carbonyl (C=O) groups is 2. The van der Waals surface area contributed by atoms with Crippen LogP contribution in [-0.2, 0) is 9.59 Å². The number of thioether (sulfide) groups is 1. The van der Waals surface area contributed by atoms with Crippen LogP contribution >= 0.6 is 23.4 Å². The van der Waals surface area contributed by atoms with Crippen LogP contribution in [0.25, 0.3) is 0 Å². The van der Waals surface area contributed by atoms with Gasteiger partial charge >= 0.3 is 0 Å². The molecule has 2 N–H and O–H groups in total. The minimum Gasteiger partial charge on any atom is -0.484 e. The van der Waals surface area contributed by atoms with E-state index in [0.29, 0.717) is 16.5 Å². The Labute approximate surface area is 202 Å². The van der Waals surface area contributed by atoms with Crippen molar-refractivity contribution in [2.75, 3.05) is 11.9 Å². The summed E-state index contributed by atoms with van der Waals surface area (Å²) >= 11 is 7.38. The van der Waals surface area contributed by atoms with Gasteiger partial charge in [-0.2, -0.15) is 5.10 Å². The number of hydrogen-bond donors (Lipinski definition) is 2. The van der Waals surface area contributed by atoms with E-state index in [0.717, 1.165) is 10.5 Å². The average molecular weight is 482 g/mol. The van der Waals surface area contributed by atoms with Gasteiger partial charge in [0.15, 0.2) is 6.61 Å². The van der Waals surface area contributed by atoms with Crippen molar-refractivity contribution in [3.05, 3.63) is 88.9 Å². The van der Waals surface area contributed by atoms with Crippen LogP contribution in [0.2, 0.25) is 5.02 Å². The Morgan fingerprint density at radius 2 is 1.82 bits per heavy atom. The van der Waals surface area contributed by atoms with Gasteiger partial charge in [0.25, 0.3) is 11.8 Å². The first-order valence-corrected chi connectivity index (χ1v) is 11.5. The molecule has 0 saturated heterocycles. The molecule has 3 rings (SSSR count). The number of hydrazone groups is 1. The molecule has 2 amide bonds. The lowest BCUT2D eigenvalue weighted by molar-refractivity contribution is -0.120. The molecule has 0 heterocycles. The summed E-state index contributed by atoms with van der Waals surface area (Å²) in [5.74, 6) is 0.0753. The number of ether oxygens (including phenoxy) is 1.